The number of hydrogen-bond acceptors (Lipinski definition) is 1. The lowest BCUT2D eigenvalue weighted by atomic mass is 9.85. The molecule has 0 amide bonds. The Morgan fingerprint density at radius 3 is 1.65 bits per heavy atom. The summed E-state index contributed by atoms with van der Waals surface area (Å²) >= 11 is 0. The van der Waals surface area contributed by atoms with Crippen LogP contribution in [0.2, 0.25) is 0 Å². The predicted octanol–water partition coefficient (Wildman–Crippen LogP) is 12.0. The Labute approximate surface area is 254 Å². The molecule has 9 rings (SSSR count). The molecular weight excluding hydrogens is 520 g/mol. The van der Waals surface area contributed by atoms with Crippen LogP contribution in [-0.4, -0.2) is 0 Å². The third-order valence-electron chi connectivity index (χ3n) is 8.53. The molecule has 0 saturated heterocycles. The van der Waals surface area contributed by atoms with E-state index >= 15 is 0 Å². The van der Waals surface area contributed by atoms with Crippen LogP contribution in [0.4, 0.5) is 0 Å². The molecule has 0 aliphatic heterocycles. The summed E-state index contributed by atoms with van der Waals surface area (Å²) in [4.78, 5) is 0. The third kappa shape index (κ3) is 3.65. The van der Waals surface area contributed by atoms with E-state index in [1.807, 2.05) is 72.8 Å². The molecule has 200 valence electrons. The van der Waals surface area contributed by atoms with E-state index in [-0.39, 0.29) is 24.2 Å². The molecule has 43 heavy (non-hydrogen) atoms. The molecule has 0 aliphatic carbocycles. The minimum absolute atomic E-state index is 0.0521. The molecule has 0 N–H and O–H groups in total. The number of para-hydroxylation sites is 1. The molecule has 0 spiro atoms. The van der Waals surface area contributed by atoms with Crippen LogP contribution >= 0.6 is 0 Å². The average Bonchev–Trinajstić information content (AvgIpc) is 3.51. The molecule has 8 aromatic carbocycles. The monoisotopic (exact) mass is 550 g/mol. The Morgan fingerprint density at radius 1 is 0.395 bits per heavy atom. The van der Waals surface area contributed by atoms with Gasteiger partial charge in [-0.1, -0.05) is 152 Å². The van der Waals surface area contributed by atoms with Crippen LogP contribution in [-0.2, 0) is 0 Å². The lowest BCUT2D eigenvalue weighted by Crippen LogP contribution is -1.91. The van der Waals surface area contributed by atoms with Gasteiger partial charge in [-0.25, -0.2) is 0 Å². The van der Waals surface area contributed by atoms with Gasteiger partial charge in [-0.3, -0.25) is 0 Å². The molecule has 0 saturated carbocycles. The summed E-state index contributed by atoms with van der Waals surface area (Å²) in [7, 11) is 0. The van der Waals surface area contributed by atoms with E-state index in [9.17, 15) is 2.74 Å². The summed E-state index contributed by atoms with van der Waals surface area (Å²) < 4.78 is 43.3. The number of benzene rings is 8. The minimum atomic E-state index is -0.0563. The van der Waals surface area contributed by atoms with E-state index < -0.39 is 0 Å². The molecule has 0 fully saturated rings. The molecule has 1 aromatic heterocycles. The fraction of sp³-hybridized carbons (Fsp3) is 0. The normalized spacial score (nSPS) is 13.0. The van der Waals surface area contributed by atoms with E-state index in [1.165, 1.54) is 0 Å². The molecule has 0 unspecified atom stereocenters. The van der Waals surface area contributed by atoms with Crippen molar-refractivity contribution in [2.45, 2.75) is 0 Å². The van der Waals surface area contributed by atoms with E-state index in [4.69, 9.17) is 7.16 Å². The van der Waals surface area contributed by atoms with Gasteiger partial charge >= 0.3 is 0 Å². The zero-order chi connectivity index (χ0) is 31.8. The van der Waals surface area contributed by atoms with Gasteiger partial charge in [0.15, 0.2) is 0 Å². The van der Waals surface area contributed by atoms with Crippen LogP contribution in [0.5, 0.6) is 0 Å². The summed E-state index contributed by atoms with van der Waals surface area (Å²) in [5.41, 5.74) is 5.56. The first-order valence-electron chi connectivity index (χ1n) is 16.5. The van der Waals surface area contributed by atoms with Crippen molar-refractivity contribution in [1.82, 2.24) is 0 Å². The number of hydrogen-bond donors (Lipinski definition) is 0. The van der Waals surface area contributed by atoms with Crippen molar-refractivity contribution in [2.75, 3.05) is 0 Å². The van der Waals surface area contributed by atoms with Crippen molar-refractivity contribution in [3.8, 4) is 33.4 Å². The fourth-order valence-corrected chi connectivity index (χ4v) is 6.64. The lowest BCUT2D eigenvalue weighted by Gasteiger charge is -2.18. The largest absolute Gasteiger partial charge is 0.455 e. The molecule has 1 heteroatoms. The summed E-state index contributed by atoms with van der Waals surface area (Å²) in [5.74, 6) is 0. The number of rotatable bonds is 3. The maximum atomic E-state index is 9.26. The van der Waals surface area contributed by atoms with Crippen molar-refractivity contribution >= 4 is 54.3 Å². The minimum Gasteiger partial charge on any atom is -0.455 e. The zero-order valence-electron chi connectivity index (χ0n) is 27.1. The third-order valence-corrected chi connectivity index (χ3v) is 8.53. The Bertz CT molecular complexity index is 2640. The molecule has 0 bridgehead atoms. The molecular formula is C42H26O. The van der Waals surface area contributed by atoms with Gasteiger partial charge in [0.2, 0.25) is 0 Å². The summed E-state index contributed by atoms with van der Waals surface area (Å²) in [6.07, 6.45) is 0. The lowest BCUT2D eigenvalue weighted by molar-refractivity contribution is 0.670. The Balaban J connectivity index is 1.40. The maximum absolute atomic E-state index is 9.26. The van der Waals surface area contributed by atoms with Gasteiger partial charge in [0.25, 0.3) is 0 Å². The van der Waals surface area contributed by atoms with E-state index in [0.29, 0.717) is 22.3 Å². The van der Waals surface area contributed by atoms with Gasteiger partial charge in [0.1, 0.15) is 11.2 Å². The highest BCUT2D eigenvalue weighted by atomic mass is 16.3. The first-order chi connectivity index (χ1) is 23.0. The van der Waals surface area contributed by atoms with Crippen LogP contribution in [0, 0.1) is 0 Å². The van der Waals surface area contributed by atoms with Gasteiger partial charge in [-0.2, -0.15) is 0 Å². The highest BCUT2D eigenvalue weighted by Crippen LogP contribution is 2.47. The van der Waals surface area contributed by atoms with Crippen molar-refractivity contribution in [1.29, 1.82) is 0 Å². The summed E-state index contributed by atoms with van der Waals surface area (Å²) in [5, 5.41) is 8.04. The molecule has 0 atom stereocenters. The first kappa shape index (κ1) is 20.3. The highest BCUT2D eigenvalue weighted by Gasteiger charge is 2.20. The van der Waals surface area contributed by atoms with Gasteiger partial charge in [-0.05, 0) is 60.6 Å². The van der Waals surface area contributed by atoms with Gasteiger partial charge in [0.05, 0.1) is 5.48 Å². The van der Waals surface area contributed by atoms with Crippen molar-refractivity contribution in [3.63, 3.8) is 0 Å². The van der Waals surface area contributed by atoms with Crippen LogP contribution in [0.15, 0.2) is 162 Å². The van der Waals surface area contributed by atoms with E-state index in [2.05, 4.69) is 60.7 Å². The molecule has 9 aromatic rings. The van der Waals surface area contributed by atoms with Crippen molar-refractivity contribution in [3.05, 3.63) is 158 Å². The van der Waals surface area contributed by atoms with Crippen LogP contribution < -0.4 is 0 Å². The SMILES string of the molecule is [2H]c1c([2H])c(-c2c3ccccc3c(-c3cccc4c3oc3ccc5ccccc5c34)c3ccccc23)c([2H])c([2H])c1-c1ccccc1. The molecule has 1 heterocycles. The zero-order valence-corrected chi connectivity index (χ0v) is 23.1. The van der Waals surface area contributed by atoms with Gasteiger partial charge in [0, 0.05) is 21.9 Å². The van der Waals surface area contributed by atoms with Crippen molar-refractivity contribution < 1.29 is 9.90 Å². The summed E-state index contributed by atoms with van der Waals surface area (Å²) in [6, 6.07) is 43.9. The quantitative estimate of drug-likeness (QED) is 0.199. The second-order valence-corrected chi connectivity index (χ2v) is 10.9. The Kier molecular flexibility index (Phi) is 4.45. The van der Waals surface area contributed by atoms with Crippen molar-refractivity contribution in [2.24, 2.45) is 0 Å². The standard InChI is InChI=1S/C42H26O/c1-2-11-27(12-3-1)28-21-23-30(24-22-28)39-32-15-6-8-17-34(32)40(35-18-9-7-16-33(35)39)36-19-10-20-37-41-31-14-5-4-13-29(31)25-26-38(41)43-42(36)37/h1-26H/i21D,22D,23D,24D. The average molecular weight is 551 g/mol. The van der Waals surface area contributed by atoms with Crippen LogP contribution in [0.25, 0.3) is 87.6 Å². The predicted molar refractivity (Wildman–Crippen MR) is 183 cm³/mol. The molecule has 0 aliphatic rings. The second kappa shape index (κ2) is 9.44. The van der Waals surface area contributed by atoms with Crippen LogP contribution in [0.3, 0.4) is 0 Å². The molecule has 0 radical (unpaired) electrons. The Hall–Kier alpha value is -5.66. The highest BCUT2D eigenvalue weighted by molar-refractivity contribution is 6.26. The van der Waals surface area contributed by atoms with Crippen LogP contribution in [0.1, 0.15) is 5.48 Å². The second-order valence-electron chi connectivity index (χ2n) is 10.9. The fourth-order valence-electron chi connectivity index (χ4n) is 6.64. The summed E-state index contributed by atoms with van der Waals surface area (Å²) in [6.45, 7) is 0. The number of furan rings is 1. The van der Waals surface area contributed by atoms with E-state index in [0.717, 1.165) is 65.4 Å². The van der Waals surface area contributed by atoms with E-state index in [1.54, 1.807) is 0 Å². The number of fused-ring (bicyclic) bond motifs is 7. The van der Waals surface area contributed by atoms with Gasteiger partial charge < -0.3 is 4.42 Å². The Morgan fingerprint density at radius 2 is 0.953 bits per heavy atom. The smallest absolute Gasteiger partial charge is 0.143 e. The topological polar surface area (TPSA) is 13.1 Å². The van der Waals surface area contributed by atoms with Gasteiger partial charge in [-0.15, -0.1) is 0 Å². The molecule has 1 nitrogen and oxygen atoms in total. The maximum Gasteiger partial charge on any atom is 0.143 e. The first-order valence-corrected chi connectivity index (χ1v) is 14.5.